The lowest BCUT2D eigenvalue weighted by atomic mass is 10.1. The third-order valence-electron chi connectivity index (χ3n) is 1.90. The Balaban J connectivity index is 3.53. The minimum absolute atomic E-state index is 0.418. The van der Waals surface area contributed by atoms with E-state index in [2.05, 4.69) is 0 Å². The van der Waals surface area contributed by atoms with Crippen LogP contribution in [0.15, 0.2) is 6.07 Å². The zero-order valence-electron chi connectivity index (χ0n) is 7.81. The van der Waals surface area contributed by atoms with E-state index in [1.807, 2.05) is 26.0 Å². The van der Waals surface area contributed by atoms with Gasteiger partial charge in [-0.15, -0.1) is 0 Å². The number of methoxy groups -OCH3 is 1. The lowest BCUT2D eigenvalue weighted by molar-refractivity contribution is 0.410. The number of halogens is 1. The molecule has 0 fully saturated rings. The van der Waals surface area contributed by atoms with Gasteiger partial charge >= 0.3 is 0 Å². The first-order chi connectivity index (χ1) is 6.11. The number of hydrogen-bond acceptors (Lipinski definition) is 2. The van der Waals surface area contributed by atoms with Crippen molar-refractivity contribution in [1.82, 2.24) is 0 Å². The molecule has 0 unspecified atom stereocenters. The number of nitrogens with zero attached hydrogens (tertiary/aromatic N) is 1. The first kappa shape index (κ1) is 9.88. The highest BCUT2D eigenvalue weighted by atomic mass is 35.5. The summed E-state index contributed by atoms with van der Waals surface area (Å²) in [5.41, 5.74) is 2.25. The normalized spacial score (nSPS) is 9.46. The van der Waals surface area contributed by atoms with Crippen molar-refractivity contribution in [1.29, 1.82) is 5.26 Å². The van der Waals surface area contributed by atoms with Crippen molar-refractivity contribution in [3.8, 4) is 11.8 Å². The molecule has 1 rings (SSSR count). The highest BCUT2D eigenvalue weighted by Crippen LogP contribution is 2.31. The summed E-state index contributed by atoms with van der Waals surface area (Å²) >= 11 is 5.95. The summed E-state index contributed by atoms with van der Waals surface area (Å²) in [6.07, 6.45) is 0. The van der Waals surface area contributed by atoms with Crippen LogP contribution in [-0.2, 0) is 0 Å². The van der Waals surface area contributed by atoms with Gasteiger partial charge < -0.3 is 4.74 Å². The number of hydrogen-bond donors (Lipinski definition) is 0. The maximum absolute atomic E-state index is 8.86. The minimum Gasteiger partial charge on any atom is -0.495 e. The molecular formula is C10H10ClNO. The molecule has 0 spiro atoms. The van der Waals surface area contributed by atoms with Crippen LogP contribution in [0.1, 0.15) is 16.7 Å². The maximum atomic E-state index is 8.86. The molecule has 0 aromatic heterocycles. The quantitative estimate of drug-likeness (QED) is 0.691. The van der Waals surface area contributed by atoms with Crippen molar-refractivity contribution in [2.45, 2.75) is 13.8 Å². The van der Waals surface area contributed by atoms with E-state index >= 15 is 0 Å². The molecule has 13 heavy (non-hydrogen) atoms. The van der Waals surface area contributed by atoms with Crippen LogP contribution in [0.4, 0.5) is 0 Å². The summed E-state index contributed by atoms with van der Waals surface area (Å²) < 4.78 is 5.10. The Kier molecular flexibility index (Phi) is 2.79. The van der Waals surface area contributed by atoms with E-state index in [0.29, 0.717) is 16.3 Å². The van der Waals surface area contributed by atoms with Crippen LogP contribution < -0.4 is 4.74 Å². The van der Waals surface area contributed by atoms with Gasteiger partial charge in [0.05, 0.1) is 12.1 Å². The van der Waals surface area contributed by atoms with Crippen molar-refractivity contribution in [2.24, 2.45) is 0 Å². The summed E-state index contributed by atoms with van der Waals surface area (Å²) in [7, 11) is 1.54. The third kappa shape index (κ3) is 1.61. The summed E-state index contributed by atoms with van der Waals surface area (Å²) in [5, 5.41) is 9.34. The molecule has 0 atom stereocenters. The molecule has 0 aliphatic heterocycles. The summed E-state index contributed by atoms with van der Waals surface area (Å²) in [6.45, 7) is 3.76. The summed E-state index contributed by atoms with van der Waals surface area (Å²) in [5.74, 6) is 0.568. The van der Waals surface area contributed by atoms with Gasteiger partial charge in [-0.05, 0) is 25.0 Å². The van der Waals surface area contributed by atoms with Crippen molar-refractivity contribution in [3.63, 3.8) is 0 Å². The fraction of sp³-hybridized carbons (Fsp3) is 0.300. The lowest BCUT2D eigenvalue weighted by Gasteiger charge is -2.09. The van der Waals surface area contributed by atoms with E-state index in [4.69, 9.17) is 21.6 Å². The fourth-order valence-electron chi connectivity index (χ4n) is 1.31. The van der Waals surface area contributed by atoms with Gasteiger partial charge in [-0.2, -0.15) is 5.26 Å². The van der Waals surface area contributed by atoms with Crippen LogP contribution in [0.3, 0.4) is 0 Å². The Hall–Kier alpha value is -1.20. The van der Waals surface area contributed by atoms with E-state index < -0.39 is 0 Å². The molecule has 0 bridgehead atoms. The second-order valence-corrected chi connectivity index (χ2v) is 3.22. The number of rotatable bonds is 1. The predicted molar refractivity (Wildman–Crippen MR) is 52.2 cm³/mol. The first-order valence-corrected chi connectivity index (χ1v) is 4.23. The molecule has 0 N–H and O–H groups in total. The standard InChI is InChI=1S/C10H10ClNO/c1-6-4-7(2)10(13-3)8(5-12)9(6)11/h4H,1-3H3. The van der Waals surface area contributed by atoms with Crippen molar-refractivity contribution in [2.75, 3.05) is 7.11 Å². The van der Waals surface area contributed by atoms with Crippen LogP contribution in [0.25, 0.3) is 0 Å². The molecule has 0 aliphatic carbocycles. The van der Waals surface area contributed by atoms with Crippen LogP contribution >= 0.6 is 11.6 Å². The van der Waals surface area contributed by atoms with Gasteiger partial charge in [-0.1, -0.05) is 17.7 Å². The SMILES string of the molecule is COc1c(C)cc(C)c(Cl)c1C#N. The summed E-state index contributed by atoms with van der Waals surface area (Å²) in [6, 6.07) is 3.94. The molecule has 0 heterocycles. The van der Waals surface area contributed by atoms with E-state index in [9.17, 15) is 0 Å². The maximum Gasteiger partial charge on any atom is 0.141 e. The van der Waals surface area contributed by atoms with E-state index in [-0.39, 0.29) is 0 Å². The molecule has 0 saturated carbocycles. The van der Waals surface area contributed by atoms with Gasteiger partial charge in [-0.3, -0.25) is 0 Å². The van der Waals surface area contributed by atoms with Gasteiger partial charge in [0.2, 0.25) is 0 Å². The van der Waals surface area contributed by atoms with E-state index in [1.165, 1.54) is 7.11 Å². The van der Waals surface area contributed by atoms with Gasteiger partial charge in [-0.25, -0.2) is 0 Å². The molecule has 1 aromatic rings. The Morgan fingerprint density at radius 1 is 1.38 bits per heavy atom. The number of aryl methyl sites for hydroxylation is 2. The molecular weight excluding hydrogens is 186 g/mol. The van der Waals surface area contributed by atoms with Gasteiger partial charge in [0.25, 0.3) is 0 Å². The molecule has 0 aliphatic rings. The largest absolute Gasteiger partial charge is 0.495 e. The fourth-order valence-corrected chi connectivity index (χ4v) is 1.49. The molecule has 3 heteroatoms. The molecule has 68 valence electrons. The highest BCUT2D eigenvalue weighted by molar-refractivity contribution is 6.32. The number of nitriles is 1. The Bertz CT molecular complexity index is 379. The van der Waals surface area contributed by atoms with Crippen molar-refractivity contribution >= 4 is 11.6 Å². The van der Waals surface area contributed by atoms with Crippen LogP contribution in [-0.4, -0.2) is 7.11 Å². The Morgan fingerprint density at radius 2 is 2.00 bits per heavy atom. The van der Waals surface area contributed by atoms with Crippen LogP contribution in [0.5, 0.6) is 5.75 Å². The van der Waals surface area contributed by atoms with Crippen molar-refractivity contribution in [3.05, 3.63) is 27.8 Å². The molecule has 0 saturated heterocycles. The van der Waals surface area contributed by atoms with Gasteiger partial charge in [0, 0.05) is 0 Å². The zero-order valence-corrected chi connectivity index (χ0v) is 8.57. The highest BCUT2D eigenvalue weighted by Gasteiger charge is 2.12. The van der Waals surface area contributed by atoms with E-state index in [1.54, 1.807) is 0 Å². The summed E-state index contributed by atoms with van der Waals surface area (Å²) in [4.78, 5) is 0. The average Bonchev–Trinajstić information content (AvgIpc) is 2.10. The minimum atomic E-state index is 0.418. The van der Waals surface area contributed by atoms with Gasteiger partial charge in [0.1, 0.15) is 17.4 Å². The average molecular weight is 196 g/mol. The molecule has 2 nitrogen and oxygen atoms in total. The Labute approximate surface area is 82.7 Å². The monoisotopic (exact) mass is 195 g/mol. The topological polar surface area (TPSA) is 33.0 Å². The van der Waals surface area contributed by atoms with Crippen LogP contribution in [0.2, 0.25) is 5.02 Å². The van der Waals surface area contributed by atoms with Crippen LogP contribution in [0, 0.1) is 25.2 Å². The lowest BCUT2D eigenvalue weighted by Crippen LogP contribution is -1.94. The Morgan fingerprint density at radius 3 is 2.46 bits per heavy atom. The predicted octanol–water partition coefficient (Wildman–Crippen LogP) is 2.84. The number of benzene rings is 1. The molecule has 1 aromatic carbocycles. The zero-order chi connectivity index (χ0) is 10.0. The first-order valence-electron chi connectivity index (χ1n) is 3.85. The molecule has 0 amide bonds. The molecule has 0 radical (unpaired) electrons. The smallest absolute Gasteiger partial charge is 0.141 e. The van der Waals surface area contributed by atoms with E-state index in [0.717, 1.165) is 11.1 Å². The van der Waals surface area contributed by atoms with Gasteiger partial charge in [0.15, 0.2) is 0 Å². The second kappa shape index (κ2) is 3.68. The number of ether oxygens (including phenoxy) is 1. The second-order valence-electron chi connectivity index (χ2n) is 2.84. The van der Waals surface area contributed by atoms with Crippen molar-refractivity contribution < 1.29 is 4.74 Å². The third-order valence-corrected chi connectivity index (χ3v) is 2.39.